The normalized spacial score (nSPS) is 8.87. The summed E-state index contributed by atoms with van der Waals surface area (Å²) in [4.78, 5) is 21.9. The molecule has 1 aromatic rings. The van der Waals surface area contributed by atoms with E-state index in [0.717, 1.165) is 0 Å². The Hall–Kier alpha value is -1.06. The standard InChI is InChI=1S/C9H9BO4.Ti/c1-5-6(8(11)12)3-2-4-7(5)9(13)14-10;/h2-4H,10H2,1H3,(H,11,12);. The van der Waals surface area contributed by atoms with Gasteiger partial charge in [-0.05, 0) is 24.6 Å². The first-order valence-corrected chi connectivity index (χ1v) is 3.99. The molecule has 0 heterocycles. The Morgan fingerprint density at radius 1 is 1.33 bits per heavy atom. The Bertz CT molecular complexity index is 392. The van der Waals surface area contributed by atoms with Crippen LogP contribution in [-0.2, 0) is 26.4 Å². The number of benzene rings is 1. The molecule has 0 aliphatic rings. The van der Waals surface area contributed by atoms with Gasteiger partial charge in [-0.1, -0.05) is 6.07 Å². The largest absolute Gasteiger partial charge is 0.540 e. The molecule has 0 atom stereocenters. The smallest absolute Gasteiger partial charge is 0.335 e. The van der Waals surface area contributed by atoms with Gasteiger partial charge >= 0.3 is 20.0 Å². The molecule has 0 aliphatic carbocycles. The molecule has 6 heteroatoms. The molecule has 0 aromatic heterocycles. The molecule has 0 saturated carbocycles. The molecule has 0 spiro atoms. The molecule has 0 radical (unpaired) electrons. The van der Waals surface area contributed by atoms with E-state index in [1.807, 2.05) is 0 Å². The third-order valence-corrected chi connectivity index (χ3v) is 1.97. The van der Waals surface area contributed by atoms with Crippen molar-refractivity contribution in [1.82, 2.24) is 0 Å². The van der Waals surface area contributed by atoms with Gasteiger partial charge in [0, 0.05) is 21.7 Å². The molecule has 4 nitrogen and oxygen atoms in total. The maximum absolute atomic E-state index is 11.2. The fourth-order valence-electron chi connectivity index (χ4n) is 1.20. The molecule has 0 amide bonds. The van der Waals surface area contributed by atoms with Crippen LogP contribution in [0.5, 0.6) is 0 Å². The van der Waals surface area contributed by atoms with E-state index in [9.17, 15) is 9.59 Å². The van der Waals surface area contributed by atoms with Gasteiger partial charge in [-0.3, -0.25) is 0 Å². The molecule has 0 saturated heterocycles. The molecular weight excluding hydrogens is 231 g/mol. The molecule has 1 N–H and O–H groups in total. The monoisotopic (exact) mass is 240 g/mol. The van der Waals surface area contributed by atoms with E-state index < -0.39 is 11.9 Å². The SMILES string of the molecule is BOC(=O)c1cccc(C(=O)O)c1C.[Ti]. The van der Waals surface area contributed by atoms with E-state index in [1.54, 1.807) is 6.92 Å². The first-order chi connectivity index (χ1) is 6.57. The van der Waals surface area contributed by atoms with Crippen LogP contribution < -0.4 is 0 Å². The first kappa shape index (κ1) is 13.9. The van der Waals surface area contributed by atoms with Crippen LogP contribution in [0.15, 0.2) is 18.2 Å². The van der Waals surface area contributed by atoms with Crippen LogP contribution in [0.25, 0.3) is 0 Å². The summed E-state index contributed by atoms with van der Waals surface area (Å²) in [5.41, 5.74) is 0.826. The van der Waals surface area contributed by atoms with E-state index in [-0.39, 0.29) is 32.8 Å². The van der Waals surface area contributed by atoms with Crippen molar-refractivity contribution in [3.05, 3.63) is 34.9 Å². The molecular formula is C9H9BO4Ti. The zero-order valence-electron chi connectivity index (χ0n) is 8.40. The summed E-state index contributed by atoms with van der Waals surface area (Å²) in [7, 11) is 1.26. The van der Waals surface area contributed by atoms with Crippen LogP contribution in [0.3, 0.4) is 0 Å². The van der Waals surface area contributed by atoms with Crippen molar-refractivity contribution >= 4 is 20.0 Å². The van der Waals surface area contributed by atoms with E-state index in [4.69, 9.17) is 5.11 Å². The molecule has 0 fully saturated rings. The van der Waals surface area contributed by atoms with Gasteiger partial charge in [0.15, 0.2) is 0 Å². The van der Waals surface area contributed by atoms with Crippen molar-refractivity contribution in [2.45, 2.75) is 6.92 Å². The van der Waals surface area contributed by atoms with Crippen molar-refractivity contribution in [2.24, 2.45) is 0 Å². The molecule has 1 aromatic carbocycles. The summed E-state index contributed by atoms with van der Waals surface area (Å²) in [6.45, 7) is 1.58. The van der Waals surface area contributed by atoms with Gasteiger partial charge in [-0.15, -0.1) is 0 Å². The Morgan fingerprint density at radius 3 is 2.33 bits per heavy atom. The van der Waals surface area contributed by atoms with Crippen LogP contribution in [0.4, 0.5) is 0 Å². The van der Waals surface area contributed by atoms with Gasteiger partial charge in [-0.2, -0.15) is 0 Å². The summed E-state index contributed by atoms with van der Waals surface area (Å²) in [6, 6.07) is 4.50. The topological polar surface area (TPSA) is 63.6 Å². The Balaban J connectivity index is 0.00000196. The van der Waals surface area contributed by atoms with Gasteiger partial charge in [0.25, 0.3) is 0 Å². The average Bonchev–Trinajstić information content (AvgIpc) is 2.16. The van der Waals surface area contributed by atoms with E-state index in [0.29, 0.717) is 5.56 Å². The van der Waals surface area contributed by atoms with Crippen LogP contribution in [0.1, 0.15) is 26.3 Å². The number of carboxylic acids is 1. The van der Waals surface area contributed by atoms with Gasteiger partial charge in [0.1, 0.15) is 0 Å². The number of carbonyl (C=O) groups is 2. The summed E-state index contributed by atoms with van der Waals surface area (Å²) >= 11 is 0. The second-order valence-electron chi connectivity index (χ2n) is 2.77. The van der Waals surface area contributed by atoms with Crippen molar-refractivity contribution < 1.29 is 41.1 Å². The van der Waals surface area contributed by atoms with Gasteiger partial charge in [0.2, 0.25) is 0 Å². The predicted octanol–water partition coefficient (Wildman–Crippen LogP) is 0.396. The summed E-state index contributed by atoms with van der Waals surface area (Å²) in [6.07, 6.45) is 0. The van der Waals surface area contributed by atoms with E-state index in [1.165, 1.54) is 26.2 Å². The molecule has 0 aliphatic heterocycles. The van der Waals surface area contributed by atoms with Gasteiger partial charge in [-0.25, -0.2) is 9.59 Å². The summed E-state index contributed by atoms with van der Waals surface area (Å²) in [5.74, 6) is -1.57. The number of rotatable bonds is 2. The minimum atomic E-state index is -1.05. The fraction of sp³-hybridized carbons (Fsp3) is 0.111. The van der Waals surface area contributed by atoms with E-state index in [2.05, 4.69) is 4.65 Å². The Morgan fingerprint density at radius 2 is 1.87 bits per heavy atom. The summed E-state index contributed by atoms with van der Waals surface area (Å²) < 4.78 is 4.52. The average molecular weight is 240 g/mol. The zero-order valence-corrected chi connectivity index (χ0v) is 9.97. The van der Waals surface area contributed by atoms with Crippen molar-refractivity contribution in [2.75, 3.05) is 0 Å². The number of hydrogen-bond acceptors (Lipinski definition) is 3. The number of hydrogen-bond donors (Lipinski definition) is 1. The molecule has 15 heavy (non-hydrogen) atoms. The molecule has 0 unspecified atom stereocenters. The van der Waals surface area contributed by atoms with Crippen molar-refractivity contribution in [3.63, 3.8) is 0 Å². The zero-order chi connectivity index (χ0) is 10.7. The predicted molar refractivity (Wildman–Crippen MR) is 52.1 cm³/mol. The Labute approximate surface area is 103 Å². The third kappa shape index (κ3) is 2.94. The second kappa shape index (κ2) is 5.73. The minimum absolute atomic E-state index is 0. The van der Waals surface area contributed by atoms with Gasteiger partial charge in [0.05, 0.1) is 11.1 Å². The van der Waals surface area contributed by atoms with Crippen molar-refractivity contribution in [3.8, 4) is 0 Å². The fourth-order valence-corrected chi connectivity index (χ4v) is 1.20. The number of aromatic carboxylic acids is 1. The first-order valence-electron chi connectivity index (χ1n) is 3.99. The Kier molecular flexibility index (Phi) is 5.33. The maximum Gasteiger partial charge on any atom is 0.335 e. The maximum atomic E-state index is 11.2. The second-order valence-corrected chi connectivity index (χ2v) is 2.77. The van der Waals surface area contributed by atoms with Gasteiger partial charge < -0.3 is 9.76 Å². The minimum Gasteiger partial charge on any atom is -0.540 e. The van der Waals surface area contributed by atoms with Crippen LogP contribution in [0.2, 0.25) is 0 Å². The van der Waals surface area contributed by atoms with Crippen LogP contribution >= 0.6 is 0 Å². The van der Waals surface area contributed by atoms with Crippen LogP contribution in [-0.4, -0.2) is 25.1 Å². The number of carbonyl (C=O) groups excluding carboxylic acids is 1. The number of carboxylic acid groups (broad SMARTS) is 1. The quantitative estimate of drug-likeness (QED) is 0.759. The van der Waals surface area contributed by atoms with Crippen LogP contribution in [0, 0.1) is 6.92 Å². The van der Waals surface area contributed by atoms with Crippen molar-refractivity contribution in [1.29, 1.82) is 0 Å². The summed E-state index contributed by atoms with van der Waals surface area (Å²) in [5, 5.41) is 8.79. The molecule has 1 rings (SSSR count). The molecule has 76 valence electrons. The molecule has 0 bridgehead atoms. The third-order valence-electron chi connectivity index (χ3n) is 1.97. The van der Waals surface area contributed by atoms with E-state index >= 15 is 0 Å².